The summed E-state index contributed by atoms with van der Waals surface area (Å²) in [5.74, 6) is -1.92. The number of nitrogens with one attached hydrogen (secondary N) is 2. The van der Waals surface area contributed by atoms with Crippen LogP contribution in [0, 0.1) is 5.82 Å². The van der Waals surface area contributed by atoms with Crippen LogP contribution in [0.15, 0.2) is 18.2 Å². The molecule has 0 aromatic heterocycles. The number of benzene rings is 1. The first kappa shape index (κ1) is 15.1. The van der Waals surface area contributed by atoms with Crippen LogP contribution in [0.2, 0.25) is 0 Å². The standard InChI is InChI=1S/C11H13FN2O4S/c1-19(18)6-5-13-11(17)14-9-7(10(15)16)3-2-4-8(9)12/h2-4H,5-6H2,1H3,(H,15,16)(H2,13,14,17). The van der Waals surface area contributed by atoms with Crippen molar-refractivity contribution in [2.45, 2.75) is 0 Å². The smallest absolute Gasteiger partial charge is 0.337 e. The lowest BCUT2D eigenvalue weighted by Crippen LogP contribution is -2.32. The van der Waals surface area contributed by atoms with E-state index in [0.717, 1.165) is 6.07 Å². The van der Waals surface area contributed by atoms with Crippen molar-refractivity contribution >= 4 is 28.5 Å². The molecule has 1 aromatic carbocycles. The Morgan fingerprint density at radius 2 is 2.11 bits per heavy atom. The topological polar surface area (TPSA) is 95.5 Å². The van der Waals surface area contributed by atoms with Crippen LogP contribution < -0.4 is 10.6 Å². The molecule has 0 aliphatic carbocycles. The maximum Gasteiger partial charge on any atom is 0.337 e. The molecule has 1 atom stereocenters. The third kappa shape index (κ3) is 4.66. The van der Waals surface area contributed by atoms with Crippen molar-refractivity contribution in [3.63, 3.8) is 0 Å². The van der Waals surface area contributed by atoms with E-state index in [9.17, 15) is 18.2 Å². The molecule has 0 spiro atoms. The monoisotopic (exact) mass is 288 g/mol. The Kier molecular flexibility index (Phi) is 5.43. The number of carboxylic acid groups (broad SMARTS) is 1. The van der Waals surface area contributed by atoms with Crippen LogP contribution in [0.1, 0.15) is 10.4 Å². The minimum absolute atomic E-state index is 0.145. The quantitative estimate of drug-likeness (QED) is 0.754. The highest BCUT2D eigenvalue weighted by molar-refractivity contribution is 7.84. The number of hydrogen-bond donors (Lipinski definition) is 3. The second kappa shape index (κ2) is 6.83. The number of urea groups is 1. The van der Waals surface area contributed by atoms with Gasteiger partial charge >= 0.3 is 12.0 Å². The van der Waals surface area contributed by atoms with E-state index < -0.39 is 34.3 Å². The van der Waals surface area contributed by atoms with Gasteiger partial charge in [-0.05, 0) is 12.1 Å². The van der Waals surface area contributed by atoms with Gasteiger partial charge in [-0.25, -0.2) is 14.0 Å². The highest BCUT2D eigenvalue weighted by Gasteiger charge is 2.16. The molecule has 0 aliphatic heterocycles. The molecule has 0 aliphatic rings. The van der Waals surface area contributed by atoms with Gasteiger partial charge in [0.2, 0.25) is 0 Å². The second-order valence-electron chi connectivity index (χ2n) is 3.63. The molecule has 1 unspecified atom stereocenters. The first-order valence-corrected chi connectivity index (χ1v) is 7.01. The van der Waals surface area contributed by atoms with Gasteiger partial charge < -0.3 is 15.7 Å². The molecule has 0 saturated heterocycles. The van der Waals surface area contributed by atoms with Gasteiger partial charge in [0.1, 0.15) is 5.82 Å². The molecule has 1 rings (SSSR count). The van der Waals surface area contributed by atoms with Crippen LogP contribution >= 0.6 is 0 Å². The van der Waals surface area contributed by atoms with Gasteiger partial charge in [0, 0.05) is 29.4 Å². The maximum atomic E-state index is 13.5. The first-order valence-electron chi connectivity index (χ1n) is 5.28. The predicted octanol–water partition coefficient (Wildman–Crippen LogP) is 1.02. The minimum atomic E-state index is -1.34. The van der Waals surface area contributed by atoms with Crippen molar-refractivity contribution in [1.82, 2.24) is 5.32 Å². The number of amides is 2. The van der Waals surface area contributed by atoms with Gasteiger partial charge in [-0.2, -0.15) is 0 Å². The van der Waals surface area contributed by atoms with E-state index in [1.807, 2.05) is 0 Å². The Bertz CT molecular complexity index is 521. The van der Waals surface area contributed by atoms with E-state index in [-0.39, 0.29) is 17.9 Å². The number of para-hydroxylation sites is 1. The molecule has 0 bridgehead atoms. The van der Waals surface area contributed by atoms with Gasteiger partial charge in [-0.15, -0.1) is 0 Å². The maximum absolute atomic E-state index is 13.5. The summed E-state index contributed by atoms with van der Waals surface area (Å²) >= 11 is 0. The zero-order valence-electron chi connectivity index (χ0n) is 10.1. The van der Waals surface area contributed by atoms with Crippen LogP contribution in [0.25, 0.3) is 0 Å². The van der Waals surface area contributed by atoms with Crippen molar-refractivity contribution in [3.8, 4) is 0 Å². The van der Waals surface area contributed by atoms with E-state index in [1.54, 1.807) is 0 Å². The molecule has 0 fully saturated rings. The lowest BCUT2D eigenvalue weighted by molar-refractivity contribution is 0.0697. The summed E-state index contributed by atoms with van der Waals surface area (Å²) < 4.78 is 24.2. The molecule has 19 heavy (non-hydrogen) atoms. The Labute approximate surface area is 111 Å². The predicted molar refractivity (Wildman–Crippen MR) is 69.3 cm³/mol. The highest BCUT2D eigenvalue weighted by Crippen LogP contribution is 2.19. The van der Waals surface area contributed by atoms with E-state index in [1.165, 1.54) is 18.4 Å². The lowest BCUT2D eigenvalue weighted by Gasteiger charge is -2.10. The van der Waals surface area contributed by atoms with E-state index in [4.69, 9.17) is 5.11 Å². The second-order valence-corrected chi connectivity index (χ2v) is 5.18. The number of carboxylic acids is 1. The van der Waals surface area contributed by atoms with Crippen LogP contribution in [0.5, 0.6) is 0 Å². The molecular weight excluding hydrogens is 275 g/mol. The third-order valence-corrected chi connectivity index (χ3v) is 2.94. The molecule has 0 radical (unpaired) electrons. The van der Waals surface area contributed by atoms with Crippen LogP contribution in [0.3, 0.4) is 0 Å². The van der Waals surface area contributed by atoms with E-state index in [0.29, 0.717) is 0 Å². The molecule has 6 nitrogen and oxygen atoms in total. The average molecular weight is 288 g/mol. The van der Waals surface area contributed by atoms with Gasteiger partial charge in [0.05, 0.1) is 11.3 Å². The average Bonchev–Trinajstić information content (AvgIpc) is 2.30. The zero-order chi connectivity index (χ0) is 14.4. The summed E-state index contributed by atoms with van der Waals surface area (Å²) in [6, 6.07) is 2.71. The lowest BCUT2D eigenvalue weighted by atomic mass is 10.1. The number of aromatic carboxylic acids is 1. The number of anilines is 1. The zero-order valence-corrected chi connectivity index (χ0v) is 10.9. The normalized spacial score (nSPS) is 11.7. The summed E-state index contributed by atoms with van der Waals surface area (Å²) in [7, 11) is -1.06. The van der Waals surface area contributed by atoms with Crippen LogP contribution in [-0.4, -0.2) is 39.9 Å². The van der Waals surface area contributed by atoms with Crippen molar-refractivity contribution in [3.05, 3.63) is 29.6 Å². The van der Waals surface area contributed by atoms with Crippen molar-refractivity contribution in [2.24, 2.45) is 0 Å². The Balaban J connectivity index is 2.73. The fourth-order valence-electron chi connectivity index (χ4n) is 1.30. The SMILES string of the molecule is CS(=O)CCNC(=O)Nc1c(F)cccc1C(=O)O. The molecule has 2 amide bonds. The molecular formula is C11H13FN2O4S. The van der Waals surface area contributed by atoms with Crippen molar-refractivity contribution < 1.29 is 23.3 Å². The fourth-order valence-corrected chi connectivity index (χ4v) is 1.68. The molecule has 104 valence electrons. The Morgan fingerprint density at radius 1 is 1.42 bits per heavy atom. The fraction of sp³-hybridized carbons (Fsp3) is 0.273. The number of hydrogen-bond acceptors (Lipinski definition) is 3. The van der Waals surface area contributed by atoms with Gasteiger partial charge in [0.15, 0.2) is 0 Å². The summed E-state index contributed by atoms with van der Waals surface area (Å²) in [6.07, 6.45) is 1.49. The molecule has 3 N–H and O–H groups in total. The summed E-state index contributed by atoms with van der Waals surface area (Å²) in [5.41, 5.74) is -0.737. The van der Waals surface area contributed by atoms with Crippen molar-refractivity contribution in [2.75, 3.05) is 23.9 Å². The number of carbonyl (C=O) groups is 2. The third-order valence-electron chi connectivity index (χ3n) is 2.16. The molecule has 0 saturated carbocycles. The molecule has 1 aromatic rings. The summed E-state index contributed by atoms with van der Waals surface area (Å²) in [4.78, 5) is 22.3. The van der Waals surface area contributed by atoms with Gasteiger partial charge in [0.25, 0.3) is 0 Å². The van der Waals surface area contributed by atoms with E-state index >= 15 is 0 Å². The Hall–Kier alpha value is -1.96. The largest absolute Gasteiger partial charge is 0.478 e. The van der Waals surface area contributed by atoms with Gasteiger partial charge in [-0.3, -0.25) is 4.21 Å². The highest BCUT2D eigenvalue weighted by atomic mass is 32.2. The molecule has 0 heterocycles. The van der Waals surface area contributed by atoms with Crippen LogP contribution in [0.4, 0.5) is 14.9 Å². The number of rotatable bonds is 5. The molecule has 8 heteroatoms. The van der Waals surface area contributed by atoms with Gasteiger partial charge in [-0.1, -0.05) is 6.07 Å². The minimum Gasteiger partial charge on any atom is -0.478 e. The van der Waals surface area contributed by atoms with Crippen molar-refractivity contribution in [1.29, 1.82) is 0 Å². The number of halogens is 1. The summed E-state index contributed by atoms with van der Waals surface area (Å²) in [6.45, 7) is 0.145. The summed E-state index contributed by atoms with van der Waals surface area (Å²) in [5, 5.41) is 13.4. The van der Waals surface area contributed by atoms with Crippen LogP contribution in [-0.2, 0) is 10.8 Å². The number of carbonyl (C=O) groups excluding carboxylic acids is 1. The first-order chi connectivity index (χ1) is 8.91. The van der Waals surface area contributed by atoms with E-state index in [2.05, 4.69) is 10.6 Å². The Morgan fingerprint density at radius 3 is 2.68 bits per heavy atom.